The van der Waals surface area contributed by atoms with Crippen LogP contribution in [0.5, 0.6) is 11.5 Å². The number of benzene rings is 2. The molecule has 0 amide bonds. The Balaban J connectivity index is 1.65. The summed E-state index contributed by atoms with van der Waals surface area (Å²) in [6.07, 6.45) is 2.65. The van der Waals surface area contributed by atoms with Gasteiger partial charge in [0.2, 0.25) is 0 Å². The van der Waals surface area contributed by atoms with Crippen molar-refractivity contribution < 1.29 is 24.5 Å². The number of halogens is 1. The highest BCUT2D eigenvalue weighted by atomic mass is 35.5. The van der Waals surface area contributed by atoms with Gasteiger partial charge in [-0.2, -0.15) is 0 Å². The molecule has 29 heavy (non-hydrogen) atoms. The molecule has 0 heterocycles. The number of phenols is 1. The third-order valence-electron chi connectivity index (χ3n) is 5.06. The predicted octanol–water partition coefficient (Wildman–Crippen LogP) is 3.17. The molecule has 7 heteroatoms. The number of hydrogen-bond acceptors (Lipinski definition) is 6. The number of hydrogen-bond donors (Lipinski definition) is 3. The molecular formula is C22H26ClNO5. The highest BCUT2D eigenvalue weighted by Crippen LogP contribution is 2.29. The van der Waals surface area contributed by atoms with E-state index in [1.807, 2.05) is 18.2 Å². The molecule has 0 saturated carbocycles. The molecule has 3 N–H and O–H groups in total. The highest BCUT2D eigenvalue weighted by Gasteiger charge is 2.23. The predicted molar refractivity (Wildman–Crippen MR) is 110 cm³/mol. The minimum Gasteiger partial charge on any atom is -0.506 e. The van der Waals surface area contributed by atoms with Crippen molar-refractivity contribution >= 4 is 17.6 Å². The van der Waals surface area contributed by atoms with Crippen LogP contribution in [-0.4, -0.2) is 42.0 Å². The third-order valence-corrected chi connectivity index (χ3v) is 5.36. The zero-order valence-corrected chi connectivity index (χ0v) is 17.1. The number of fused-ring (bicyclic) bond motifs is 1. The molecule has 2 atom stereocenters. The molecule has 0 spiro atoms. The van der Waals surface area contributed by atoms with Crippen LogP contribution in [0.2, 0.25) is 5.02 Å². The number of carbonyl (C=O) groups is 1. The van der Waals surface area contributed by atoms with Crippen LogP contribution < -0.4 is 10.1 Å². The van der Waals surface area contributed by atoms with Crippen LogP contribution in [0.4, 0.5) is 0 Å². The van der Waals surface area contributed by atoms with Gasteiger partial charge >= 0.3 is 5.97 Å². The lowest BCUT2D eigenvalue weighted by Crippen LogP contribution is -2.38. The highest BCUT2D eigenvalue weighted by molar-refractivity contribution is 6.32. The smallest absolute Gasteiger partial charge is 0.344 e. The average molecular weight is 420 g/mol. The Bertz CT molecular complexity index is 857. The first-order valence-electron chi connectivity index (χ1n) is 9.75. The van der Waals surface area contributed by atoms with Crippen molar-refractivity contribution in [1.82, 2.24) is 5.32 Å². The lowest BCUT2D eigenvalue weighted by molar-refractivity contribution is -0.145. The van der Waals surface area contributed by atoms with E-state index in [4.69, 9.17) is 21.1 Å². The van der Waals surface area contributed by atoms with E-state index in [2.05, 4.69) is 5.32 Å². The number of aliphatic hydroxyl groups excluding tert-OH is 1. The van der Waals surface area contributed by atoms with Crippen LogP contribution in [0.15, 0.2) is 36.4 Å². The summed E-state index contributed by atoms with van der Waals surface area (Å²) < 4.78 is 10.4. The van der Waals surface area contributed by atoms with Gasteiger partial charge in [0, 0.05) is 6.04 Å². The van der Waals surface area contributed by atoms with Crippen LogP contribution in [0, 0.1) is 0 Å². The SMILES string of the molecule is CCOC(=O)COc1ccc2c(c1)C[C@@H](NC(CO)c1ccc(O)c(Cl)c1)CC2. The maximum Gasteiger partial charge on any atom is 0.344 e. The molecule has 0 saturated heterocycles. The van der Waals surface area contributed by atoms with Crippen LogP contribution in [0.3, 0.4) is 0 Å². The standard InChI is InChI=1S/C22H26ClNO5/c1-2-28-22(27)13-29-18-7-4-14-3-6-17(9-16(14)10-18)24-20(12-25)15-5-8-21(26)19(23)11-15/h4-5,7-8,10-11,17,20,24-26H,2-3,6,9,12-13H2,1H3/t17-,20?/m0/s1. The Kier molecular flexibility index (Phi) is 7.36. The molecule has 1 unspecified atom stereocenters. The number of nitrogens with one attached hydrogen (secondary N) is 1. The summed E-state index contributed by atoms with van der Waals surface area (Å²) in [4.78, 5) is 11.5. The molecule has 156 valence electrons. The Labute approximate surface area is 175 Å². The first-order chi connectivity index (χ1) is 14.0. The van der Waals surface area contributed by atoms with Gasteiger partial charge in [-0.25, -0.2) is 4.79 Å². The minimum atomic E-state index is -0.386. The van der Waals surface area contributed by atoms with Crippen molar-refractivity contribution in [2.24, 2.45) is 0 Å². The number of aromatic hydroxyl groups is 1. The quantitative estimate of drug-likeness (QED) is 0.569. The fourth-order valence-electron chi connectivity index (χ4n) is 3.59. The molecule has 0 aromatic heterocycles. The normalized spacial score (nSPS) is 16.7. The van der Waals surface area contributed by atoms with Gasteiger partial charge in [-0.15, -0.1) is 0 Å². The van der Waals surface area contributed by atoms with Gasteiger partial charge < -0.3 is 25.0 Å². The van der Waals surface area contributed by atoms with Crippen molar-refractivity contribution in [3.05, 3.63) is 58.1 Å². The van der Waals surface area contributed by atoms with Crippen LogP contribution in [0.1, 0.15) is 36.1 Å². The lowest BCUT2D eigenvalue weighted by Gasteiger charge is -2.30. The molecule has 0 aliphatic heterocycles. The topological polar surface area (TPSA) is 88.0 Å². The number of carbonyl (C=O) groups excluding carboxylic acids is 1. The Morgan fingerprint density at radius 2 is 2.10 bits per heavy atom. The Morgan fingerprint density at radius 1 is 1.28 bits per heavy atom. The molecule has 2 aromatic rings. The second-order valence-electron chi connectivity index (χ2n) is 7.08. The number of rotatable bonds is 8. The van der Waals surface area contributed by atoms with Crippen LogP contribution >= 0.6 is 11.6 Å². The monoisotopic (exact) mass is 419 g/mol. The van der Waals surface area contributed by atoms with Gasteiger partial charge in [-0.3, -0.25) is 0 Å². The number of aliphatic hydroxyl groups is 1. The second kappa shape index (κ2) is 9.96. The molecule has 1 aliphatic carbocycles. The lowest BCUT2D eigenvalue weighted by atomic mass is 9.87. The molecular weight excluding hydrogens is 394 g/mol. The van der Waals surface area contributed by atoms with Gasteiger partial charge in [-0.1, -0.05) is 23.7 Å². The van der Waals surface area contributed by atoms with Crippen molar-refractivity contribution in [2.75, 3.05) is 19.8 Å². The summed E-state index contributed by atoms with van der Waals surface area (Å²) in [6, 6.07) is 10.7. The van der Waals surface area contributed by atoms with E-state index >= 15 is 0 Å². The molecule has 0 bridgehead atoms. The number of phenolic OH excluding ortho intramolecular Hbond substituents is 1. The van der Waals surface area contributed by atoms with E-state index in [1.54, 1.807) is 19.1 Å². The van der Waals surface area contributed by atoms with E-state index in [1.165, 1.54) is 11.6 Å². The summed E-state index contributed by atoms with van der Waals surface area (Å²) in [5.41, 5.74) is 3.25. The van der Waals surface area contributed by atoms with Crippen molar-refractivity contribution in [1.29, 1.82) is 0 Å². The van der Waals surface area contributed by atoms with Gasteiger partial charge in [0.15, 0.2) is 6.61 Å². The molecule has 3 rings (SSSR count). The van der Waals surface area contributed by atoms with Crippen LogP contribution in [-0.2, 0) is 22.4 Å². The molecule has 0 radical (unpaired) electrons. The first kappa shape index (κ1) is 21.4. The average Bonchev–Trinajstić information content (AvgIpc) is 2.72. The van der Waals surface area contributed by atoms with E-state index in [0.29, 0.717) is 12.4 Å². The van der Waals surface area contributed by atoms with Crippen LogP contribution in [0.25, 0.3) is 0 Å². The van der Waals surface area contributed by atoms with Crippen molar-refractivity contribution in [2.45, 2.75) is 38.3 Å². The number of aryl methyl sites for hydroxylation is 1. The summed E-state index contributed by atoms with van der Waals surface area (Å²) in [6.45, 7) is 1.91. The second-order valence-corrected chi connectivity index (χ2v) is 7.48. The van der Waals surface area contributed by atoms with Gasteiger partial charge in [-0.05, 0) is 67.1 Å². The Morgan fingerprint density at radius 3 is 2.83 bits per heavy atom. The van der Waals surface area contributed by atoms with Crippen molar-refractivity contribution in [3.63, 3.8) is 0 Å². The van der Waals surface area contributed by atoms with E-state index in [-0.39, 0.29) is 42.0 Å². The molecule has 6 nitrogen and oxygen atoms in total. The summed E-state index contributed by atoms with van der Waals surface area (Å²) in [5.74, 6) is 0.277. The third kappa shape index (κ3) is 5.63. The fraction of sp³-hybridized carbons (Fsp3) is 0.409. The number of esters is 1. The Hall–Kier alpha value is -2.28. The zero-order chi connectivity index (χ0) is 20.8. The fourth-order valence-corrected chi connectivity index (χ4v) is 3.78. The van der Waals surface area contributed by atoms with E-state index < -0.39 is 0 Å². The van der Waals surface area contributed by atoms with Gasteiger partial charge in [0.05, 0.1) is 24.3 Å². The number of ether oxygens (including phenoxy) is 2. The molecule has 0 fully saturated rings. The first-order valence-corrected chi connectivity index (χ1v) is 10.1. The largest absolute Gasteiger partial charge is 0.506 e. The summed E-state index contributed by atoms with van der Waals surface area (Å²) in [5, 5.41) is 23.2. The molecule has 2 aromatic carbocycles. The minimum absolute atomic E-state index is 0.0223. The summed E-state index contributed by atoms with van der Waals surface area (Å²) >= 11 is 6.01. The molecule has 1 aliphatic rings. The maximum atomic E-state index is 11.5. The zero-order valence-electron chi connectivity index (χ0n) is 16.4. The van der Waals surface area contributed by atoms with E-state index in [9.17, 15) is 15.0 Å². The van der Waals surface area contributed by atoms with Gasteiger partial charge in [0.25, 0.3) is 0 Å². The maximum absolute atomic E-state index is 11.5. The summed E-state index contributed by atoms with van der Waals surface area (Å²) in [7, 11) is 0. The van der Waals surface area contributed by atoms with E-state index in [0.717, 1.165) is 30.4 Å². The van der Waals surface area contributed by atoms with Gasteiger partial charge in [0.1, 0.15) is 11.5 Å². The van der Waals surface area contributed by atoms with Crippen molar-refractivity contribution in [3.8, 4) is 11.5 Å².